The summed E-state index contributed by atoms with van der Waals surface area (Å²) in [5.74, 6) is 1.48. The highest BCUT2D eigenvalue weighted by Gasteiger charge is 2.20. The van der Waals surface area contributed by atoms with Crippen LogP contribution in [0.25, 0.3) is 0 Å². The van der Waals surface area contributed by atoms with E-state index in [1.165, 1.54) is 12.8 Å². The van der Waals surface area contributed by atoms with Gasteiger partial charge in [-0.2, -0.15) is 5.06 Å². The van der Waals surface area contributed by atoms with E-state index in [1.54, 1.807) is 0 Å². The van der Waals surface area contributed by atoms with E-state index in [0.29, 0.717) is 0 Å². The first-order chi connectivity index (χ1) is 7.23. The Bertz CT molecular complexity index is 176. The smallest absolute Gasteiger partial charge is 0.0736 e. The van der Waals surface area contributed by atoms with Crippen LogP contribution in [0.4, 0.5) is 0 Å². The van der Waals surface area contributed by atoms with Gasteiger partial charge in [-0.25, -0.2) is 0 Å². The maximum Gasteiger partial charge on any atom is 0.0736 e. The molecule has 0 N–H and O–H groups in total. The minimum Gasteiger partial charge on any atom is -0.299 e. The van der Waals surface area contributed by atoms with Crippen molar-refractivity contribution in [3.05, 3.63) is 0 Å². The highest BCUT2D eigenvalue weighted by atomic mass is 16.7. The molecule has 0 rings (SSSR count). The van der Waals surface area contributed by atoms with Gasteiger partial charge < -0.3 is 0 Å². The summed E-state index contributed by atoms with van der Waals surface area (Å²) >= 11 is 0. The average molecular weight is 229 g/mol. The summed E-state index contributed by atoms with van der Waals surface area (Å²) in [5, 5.41) is 1.99. The SMILES string of the molecule is CC(C)CCN(C)OCC(C)(C)CC(C)C. The second-order valence-corrected chi connectivity index (χ2v) is 6.57. The quantitative estimate of drug-likeness (QED) is 0.584. The monoisotopic (exact) mass is 229 g/mol. The third-order valence-corrected chi connectivity index (χ3v) is 2.66. The lowest BCUT2D eigenvalue weighted by Gasteiger charge is -2.29. The van der Waals surface area contributed by atoms with Crippen molar-refractivity contribution in [1.29, 1.82) is 0 Å². The standard InChI is InChI=1S/C14H31NO/c1-12(2)8-9-15(7)16-11-14(5,6)10-13(3)4/h12-13H,8-11H2,1-7H3. The Kier molecular flexibility index (Phi) is 7.25. The van der Waals surface area contributed by atoms with Gasteiger partial charge in [0.15, 0.2) is 0 Å². The van der Waals surface area contributed by atoms with Crippen molar-refractivity contribution in [2.45, 2.75) is 54.4 Å². The molecule has 0 radical (unpaired) electrons. The third kappa shape index (κ3) is 9.17. The van der Waals surface area contributed by atoms with Gasteiger partial charge in [-0.1, -0.05) is 41.5 Å². The van der Waals surface area contributed by atoms with Crippen LogP contribution in [0.15, 0.2) is 0 Å². The molecule has 0 atom stereocenters. The first-order valence-corrected chi connectivity index (χ1v) is 6.57. The zero-order chi connectivity index (χ0) is 12.8. The van der Waals surface area contributed by atoms with Gasteiger partial charge in [-0.15, -0.1) is 0 Å². The van der Waals surface area contributed by atoms with E-state index in [4.69, 9.17) is 4.84 Å². The predicted molar refractivity (Wildman–Crippen MR) is 71.3 cm³/mol. The van der Waals surface area contributed by atoms with Gasteiger partial charge in [0.1, 0.15) is 0 Å². The normalized spacial score (nSPS) is 13.1. The Morgan fingerprint density at radius 1 is 1.06 bits per heavy atom. The Balaban J connectivity index is 3.76. The highest BCUT2D eigenvalue weighted by Crippen LogP contribution is 2.25. The summed E-state index contributed by atoms with van der Waals surface area (Å²) in [4.78, 5) is 5.79. The van der Waals surface area contributed by atoms with Crippen molar-refractivity contribution in [3.63, 3.8) is 0 Å². The van der Waals surface area contributed by atoms with Crippen LogP contribution in [0, 0.1) is 17.3 Å². The second-order valence-electron chi connectivity index (χ2n) is 6.57. The summed E-state index contributed by atoms with van der Waals surface area (Å²) in [6.45, 7) is 15.4. The number of hydrogen-bond acceptors (Lipinski definition) is 2. The second kappa shape index (κ2) is 7.29. The Hall–Kier alpha value is -0.0800. The van der Waals surface area contributed by atoms with Crippen LogP contribution in [0.5, 0.6) is 0 Å². The highest BCUT2D eigenvalue weighted by molar-refractivity contribution is 4.69. The molecule has 0 saturated carbocycles. The van der Waals surface area contributed by atoms with Gasteiger partial charge in [0.05, 0.1) is 6.61 Å². The average Bonchev–Trinajstić information content (AvgIpc) is 2.09. The minimum atomic E-state index is 0.278. The molecule has 2 heteroatoms. The lowest BCUT2D eigenvalue weighted by atomic mass is 9.85. The zero-order valence-corrected chi connectivity index (χ0v) is 12.3. The maximum absolute atomic E-state index is 5.79. The summed E-state index contributed by atoms with van der Waals surface area (Å²) in [7, 11) is 2.04. The van der Waals surface area contributed by atoms with Gasteiger partial charge in [0.25, 0.3) is 0 Å². The molecule has 0 heterocycles. The van der Waals surface area contributed by atoms with Crippen molar-refractivity contribution < 1.29 is 4.84 Å². The van der Waals surface area contributed by atoms with E-state index in [-0.39, 0.29) is 5.41 Å². The van der Waals surface area contributed by atoms with E-state index in [9.17, 15) is 0 Å². The van der Waals surface area contributed by atoms with Crippen molar-refractivity contribution >= 4 is 0 Å². The van der Waals surface area contributed by atoms with E-state index in [1.807, 2.05) is 12.1 Å². The molecule has 0 aromatic heterocycles. The Morgan fingerprint density at radius 3 is 2.06 bits per heavy atom. The van der Waals surface area contributed by atoms with Crippen LogP contribution in [-0.2, 0) is 4.84 Å². The molecule has 0 bridgehead atoms. The summed E-state index contributed by atoms with van der Waals surface area (Å²) in [6, 6.07) is 0. The van der Waals surface area contributed by atoms with E-state index < -0.39 is 0 Å². The van der Waals surface area contributed by atoms with E-state index >= 15 is 0 Å². The van der Waals surface area contributed by atoms with Crippen molar-refractivity contribution in [2.24, 2.45) is 17.3 Å². The number of nitrogens with zero attached hydrogens (tertiary/aromatic N) is 1. The largest absolute Gasteiger partial charge is 0.299 e. The zero-order valence-electron chi connectivity index (χ0n) is 12.3. The molecule has 0 saturated heterocycles. The first kappa shape index (κ1) is 15.9. The van der Waals surface area contributed by atoms with Crippen LogP contribution >= 0.6 is 0 Å². The van der Waals surface area contributed by atoms with Crippen LogP contribution in [-0.4, -0.2) is 25.3 Å². The van der Waals surface area contributed by atoms with Gasteiger partial charge in [0, 0.05) is 13.6 Å². The molecule has 2 nitrogen and oxygen atoms in total. The molecule has 0 aromatic rings. The van der Waals surface area contributed by atoms with Gasteiger partial charge in [-0.05, 0) is 30.1 Å². The fourth-order valence-electron chi connectivity index (χ4n) is 1.95. The van der Waals surface area contributed by atoms with Crippen LogP contribution in [0.1, 0.15) is 54.4 Å². The Labute approximate surface area is 102 Å². The molecule has 0 amide bonds. The predicted octanol–water partition coefficient (Wildman–Crippen LogP) is 3.97. The molecule has 0 aliphatic rings. The lowest BCUT2D eigenvalue weighted by Crippen LogP contribution is -2.29. The molecule has 0 fully saturated rings. The topological polar surface area (TPSA) is 12.5 Å². The maximum atomic E-state index is 5.79. The fourth-order valence-corrected chi connectivity index (χ4v) is 1.95. The summed E-state index contributed by atoms with van der Waals surface area (Å²) < 4.78 is 0. The molecule has 0 aromatic carbocycles. The van der Waals surface area contributed by atoms with Crippen LogP contribution in [0.2, 0.25) is 0 Å². The number of hydrogen-bond donors (Lipinski definition) is 0. The molecule has 98 valence electrons. The molecule has 0 unspecified atom stereocenters. The van der Waals surface area contributed by atoms with Crippen LogP contribution < -0.4 is 0 Å². The minimum absolute atomic E-state index is 0.278. The number of hydroxylamine groups is 2. The molecular weight excluding hydrogens is 198 g/mol. The number of rotatable bonds is 8. The fraction of sp³-hybridized carbons (Fsp3) is 1.00. The van der Waals surface area contributed by atoms with Crippen molar-refractivity contribution in [3.8, 4) is 0 Å². The van der Waals surface area contributed by atoms with E-state index in [2.05, 4.69) is 41.5 Å². The van der Waals surface area contributed by atoms with Gasteiger partial charge in [0.2, 0.25) is 0 Å². The molecule has 0 aliphatic carbocycles. The Morgan fingerprint density at radius 2 is 1.62 bits per heavy atom. The summed E-state index contributed by atoms with van der Waals surface area (Å²) in [5.41, 5.74) is 0.278. The van der Waals surface area contributed by atoms with Crippen LogP contribution in [0.3, 0.4) is 0 Å². The van der Waals surface area contributed by atoms with Crippen molar-refractivity contribution in [1.82, 2.24) is 5.06 Å². The third-order valence-electron chi connectivity index (χ3n) is 2.66. The molecule has 0 spiro atoms. The summed E-state index contributed by atoms with van der Waals surface area (Å²) in [6.07, 6.45) is 2.41. The molecular formula is C14H31NO. The van der Waals surface area contributed by atoms with E-state index in [0.717, 1.165) is 25.0 Å². The van der Waals surface area contributed by atoms with Gasteiger partial charge >= 0.3 is 0 Å². The first-order valence-electron chi connectivity index (χ1n) is 6.57. The lowest BCUT2D eigenvalue weighted by molar-refractivity contribution is -0.166. The van der Waals surface area contributed by atoms with Gasteiger partial charge in [-0.3, -0.25) is 4.84 Å². The molecule has 0 aliphatic heterocycles. The van der Waals surface area contributed by atoms with Crippen molar-refractivity contribution in [2.75, 3.05) is 20.2 Å². The molecule has 16 heavy (non-hydrogen) atoms.